The first-order chi connectivity index (χ1) is 9.68. The predicted octanol–water partition coefficient (Wildman–Crippen LogP) is 2.61. The molecule has 1 heterocycles. The predicted molar refractivity (Wildman–Crippen MR) is 78.5 cm³/mol. The number of carbonyl (C=O) groups is 2. The normalized spacial score (nSPS) is 13.7. The number of amides is 2. The third-order valence-electron chi connectivity index (χ3n) is 3.15. The lowest BCUT2D eigenvalue weighted by atomic mass is 10.1. The SMILES string of the molecule is Nc1ccccc1SCN1C(=O)c2ccccc2C1=O. The first kappa shape index (κ1) is 12.7. The molecule has 5 heteroatoms. The van der Waals surface area contributed by atoms with Crippen LogP contribution in [0, 0.1) is 0 Å². The molecular weight excluding hydrogens is 272 g/mol. The quantitative estimate of drug-likeness (QED) is 0.534. The van der Waals surface area contributed by atoms with Crippen LogP contribution < -0.4 is 5.73 Å². The van der Waals surface area contributed by atoms with Gasteiger partial charge >= 0.3 is 0 Å². The number of benzene rings is 2. The number of nitrogens with two attached hydrogens (primary N) is 1. The maximum Gasteiger partial charge on any atom is 0.262 e. The summed E-state index contributed by atoms with van der Waals surface area (Å²) in [7, 11) is 0. The number of para-hydroxylation sites is 1. The summed E-state index contributed by atoms with van der Waals surface area (Å²) in [5, 5.41) is 0. The van der Waals surface area contributed by atoms with Crippen molar-refractivity contribution >= 4 is 29.3 Å². The minimum absolute atomic E-state index is 0.243. The maximum absolute atomic E-state index is 12.2. The number of rotatable bonds is 3. The number of hydrogen-bond donors (Lipinski definition) is 1. The number of nitrogen functional groups attached to an aromatic ring is 1. The van der Waals surface area contributed by atoms with E-state index in [1.807, 2.05) is 18.2 Å². The molecule has 0 radical (unpaired) electrons. The first-order valence-electron chi connectivity index (χ1n) is 6.11. The highest BCUT2D eigenvalue weighted by Gasteiger charge is 2.34. The van der Waals surface area contributed by atoms with Crippen LogP contribution in [0.3, 0.4) is 0 Å². The number of nitrogens with zero attached hydrogens (tertiary/aromatic N) is 1. The second-order valence-corrected chi connectivity index (χ2v) is 5.38. The fourth-order valence-electron chi connectivity index (χ4n) is 2.10. The van der Waals surface area contributed by atoms with Gasteiger partial charge in [-0.1, -0.05) is 24.3 Å². The van der Waals surface area contributed by atoms with Gasteiger partial charge in [0.2, 0.25) is 0 Å². The lowest BCUT2D eigenvalue weighted by Gasteiger charge is -2.13. The van der Waals surface area contributed by atoms with Gasteiger partial charge in [0.15, 0.2) is 0 Å². The summed E-state index contributed by atoms with van der Waals surface area (Å²) in [6.07, 6.45) is 0. The van der Waals surface area contributed by atoms with Crippen molar-refractivity contribution in [3.05, 3.63) is 59.7 Å². The van der Waals surface area contributed by atoms with Crippen LogP contribution in [-0.2, 0) is 0 Å². The second kappa shape index (κ2) is 5.02. The zero-order valence-corrected chi connectivity index (χ0v) is 11.4. The molecule has 0 saturated heterocycles. The third kappa shape index (κ3) is 2.06. The fourth-order valence-corrected chi connectivity index (χ4v) is 3.01. The van der Waals surface area contributed by atoms with E-state index in [0.717, 1.165) is 4.90 Å². The molecule has 2 aromatic carbocycles. The highest BCUT2D eigenvalue weighted by molar-refractivity contribution is 7.99. The molecule has 20 heavy (non-hydrogen) atoms. The van der Waals surface area contributed by atoms with Gasteiger partial charge in [0.25, 0.3) is 11.8 Å². The van der Waals surface area contributed by atoms with E-state index in [2.05, 4.69) is 0 Å². The molecule has 3 rings (SSSR count). The van der Waals surface area contributed by atoms with Crippen molar-refractivity contribution in [3.63, 3.8) is 0 Å². The molecule has 0 aromatic heterocycles. The summed E-state index contributed by atoms with van der Waals surface area (Å²) in [6, 6.07) is 14.3. The van der Waals surface area contributed by atoms with Crippen LogP contribution in [0.2, 0.25) is 0 Å². The van der Waals surface area contributed by atoms with E-state index in [9.17, 15) is 9.59 Å². The molecule has 100 valence electrons. The topological polar surface area (TPSA) is 63.4 Å². The highest BCUT2D eigenvalue weighted by Crippen LogP contribution is 2.29. The fraction of sp³-hybridized carbons (Fsp3) is 0.0667. The average molecular weight is 284 g/mol. The van der Waals surface area contributed by atoms with Crippen molar-refractivity contribution in [1.82, 2.24) is 4.90 Å². The van der Waals surface area contributed by atoms with Gasteiger partial charge in [-0.3, -0.25) is 14.5 Å². The molecule has 1 aliphatic heterocycles. The van der Waals surface area contributed by atoms with Crippen LogP contribution >= 0.6 is 11.8 Å². The summed E-state index contributed by atoms with van der Waals surface area (Å²) in [4.78, 5) is 26.5. The van der Waals surface area contributed by atoms with Crippen molar-refractivity contribution < 1.29 is 9.59 Å². The monoisotopic (exact) mass is 284 g/mol. The van der Waals surface area contributed by atoms with Gasteiger partial charge in [-0.2, -0.15) is 0 Å². The van der Waals surface area contributed by atoms with Crippen LogP contribution in [0.25, 0.3) is 0 Å². The molecule has 0 spiro atoms. The van der Waals surface area contributed by atoms with Crippen molar-refractivity contribution in [2.24, 2.45) is 0 Å². The van der Waals surface area contributed by atoms with Crippen LogP contribution in [0.1, 0.15) is 20.7 Å². The standard InChI is InChI=1S/C15H12N2O2S/c16-12-7-3-4-8-13(12)20-9-17-14(18)10-5-1-2-6-11(10)15(17)19/h1-8H,9,16H2. The first-order valence-corrected chi connectivity index (χ1v) is 7.09. The van der Waals surface area contributed by atoms with Crippen molar-refractivity contribution in [2.75, 3.05) is 11.6 Å². The smallest absolute Gasteiger partial charge is 0.262 e. The van der Waals surface area contributed by atoms with Gasteiger partial charge in [0.05, 0.1) is 17.0 Å². The summed E-state index contributed by atoms with van der Waals surface area (Å²) >= 11 is 1.38. The zero-order chi connectivity index (χ0) is 14.1. The number of imide groups is 1. The number of carbonyl (C=O) groups excluding carboxylic acids is 2. The van der Waals surface area contributed by atoms with E-state index in [1.54, 1.807) is 30.3 Å². The molecule has 1 aliphatic rings. The van der Waals surface area contributed by atoms with Crippen LogP contribution in [0.15, 0.2) is 53.4 Å². The Morgan fingerprint density at radius 1 is 0.900 bits per heavy atom. The van der Waals surface area contributed by atoms with E-state index in [0.29, 0.717) is 16.8 Å². The Morgan fingerprint density at radius 2 is 1.45 bits per heavy atom. The van der Waals surface area contributed by atoms with E-state index >= 15 is 0 Å². The van der Waals surface area contributed by atoms with E-state index < -0.39 is 0 Å². The number of fused-ring (bicyclic) bond motifs is 1. The van der Waals surface area contributed by atoms with Gasteiger partial charge in [-0.05, 0) is 24.3 Å². The Hall–Kier alpha value is -2.27. The highest BCUT2D eigenvalue weighted by atomic mass is 32.2. The molecule has 0 atom stereocenters. The molecule has 2 N–H and O–H groups in total. The van der Waals surface area contributed by atoms with E-state index in [-0.39, 0.29) is 17.7 Å². The van der Waals surface area contributed by atoms with Gasteiger partial charge in [-0.25, -0.2) is 0 Å². The van der Waals surface area contributed by atoms with E-state index in [4.69, 9.17) is 5.73 Å². The molecule has 0 fully saturated rings. The Bertz CT molecular complexity index is 665. The third-order valence-corrected chi connectivity index (χ3v) is 4.22. The number of hydrogen-bond acceptors (Lipinski definition) is 4. The number of anilines is 1. The molecule has 2 aromatic rings. The van der Waals surface area contributed by atoms with Crippen LogP contribution in [0.4, 0.5) is 5.69 Å². The Balaban J connectivity index is 1.79. The second-order valence-electron chi connectivity index (χ2n) is 4.40. The summed E-state index contributed by atoms with van der Waals surface area (Å²) in [5.74, 6) is -0.221. The van der Waals surface area contributed by atoms with Gasteiger partial charge in [-0.15, -0.1) is 11.8 Å². The Kier molecular flexibility index (Phi) is 3.20. The molecule has 4 nitrogen and oxygen atoms in total. The molecular formula is C15H12N2O2S. The molecule has 0 aliphatic carbocycles. The maximum atomic E-state index is 12.2. The van der Waals surface area contributed by atoms with Crippen molar-refractivity contribution in [3.8, 4) is 0 Å². The lowest BCUT2D eigenvalue weighted by Crippen LogP contribution is -2.29. The minimum atomic E-state index is -0.243. The molecule has 2 amide bonds. The van der Waals surface area contributed by atoms with Crippen molar-refractivity contribution in [1.29, 1.82) is 0 Å². The number of thioether (sulfide) groups is 1. The Labute approximate surface area is 120 Å². The van der Waals surface area contributed by atoms with Crippen LogP contribution in [-0.4, -0.2) is 22.6 Å². The summed E-state index contributed by atoms with van der Waals surface area (Å²) < 4.78 is 0. The van der Waals surface area contributed by atoms with Gasteiger partial charge < -0.3 is 5.73 Å². The van der Waals surface area contributed by atoms with Crippen molar-refractivity contribution in [2.45, 2.75) is 4.90 Å². The lowest BCUT2D eigenvalue weighted by molar-refractivity contribution is 0.0684. The largest absolute Gasteiger partial charge is 0.398 e. The molecule has 0 saturated carbocycles. The average Bonchev–Trinajstić information content (AvgIpc) is 2.71. The summed E-state index contributed by atoms with van der Waals surface area (Å²) in [6.45, 7) is 0. The van der Waals surface area contributed by atoms with E-state index in [1.165, 1.54) is 16.7 Å². The molecule has 0 unspecified atom stereocenters. The van der Waals surface area contributed by atoms with Gasteiger partial charge in [0.1, 0.15) is 0 Å². The minimum Gasteiger partial charge on any atom is -0.398 e. The van der Waals surface area contributed by atoms with Crippen LogP contribution in [0.5, 0.6) is 0 Å². The Morgan fingerprint density at radius 3 is 2.05 bits per heavy atom. The van der Waals surface area contributed by atoms with Gasteiger partial charge in [0, 0.05) is 10.6 Å². The zero-order valence-electron chi connectivity index (χ0n) is 10.6. The molecule has 0 bridgehead atoms. The summed E-state index contributed by atoms with van der Waals surface area (Å²) in [5.41, 5.74) is 7.44.